The number of carbonyl (C=O) groups excluding carboxylic acids is 3. The second kappa shape index (κ2) is 16.2. The number of likely N-dealkylation sites (N-methyl/N-ethyl adjacent to an activating group) is 1. The zero-order chi connectivity index (χ0) is 35.0. The fourth-order valence-electron chi connectivity index (χ4n) is 6.33. The number of imide groups is 1. The number of hydrogen-bond donors (Lipinski definition) is 2. The summed E-state index contributed by atoms with van der Waals surface area (Å²) < 4.78 is 18.3. The van der Waals surface area contributed by atoms with Gasteiger partial charge < -0.3 is 24.6 Å². The highest BCUT2D eigenvalue weighted by Gasteiger charge is 2.40. The molecule has 10 heteroatoms. The van der Waals surface area contributed by atoms with Crippen LogP contribution in [0.2, 0.25) is 0 Å². The maximum Gasteiger partial charge on any atom is 0.408 e. The first-order valence-electron chi connectivity index (χ1n) is 16.9. The van der Waals surface area contributed by atoms with Gasteiger partial charge in [0.2, 0.25) is 5.91 Å². The predicted octanol–water partition coefficient (Wildman–Crippen LogP) is 5.97. The number of carbonyl (C=O) groups is 3. The van der Waals surface area contributed by atoms with Gasteiger partial charge >= 0.3 is 6.09 Å². The molecule has 2 N–H and O–H groups in total. The number of hydrogen-bond acceptors (Lipinski definition) is 8. The monoisotopic (exact) mass is 677 g/mol. The van der Waals surface area contributed by atoms with E-state index < -0.39 is 24.3 Å². The lowest BCUT2D eigenvalue weighted by Gasteiger charge is -2.39. The van der Waals surface area contributed by atoms with E-state index in [0.29, 0.717) is 13.0 Å². The summed E-state index contributed by atoms with van der Waals surface area (Å²) in [5.74, 6) is -0.834. The first-order valence-corrected chi connectivity index (χ1v) is 16.9. The van der Waals surface area contributed by atoms with Crippen molar-refractivity contribution >= 4 is 17.9 Å². The number of rotatable bonds is 12. The SMILES string of the molecule is CC(c1ccccc1)N(C)CC1CC(c2ccc(CO)cc2)OC(c2ccc(CN3C(=O)CC(NC(=O)OCc4ccccc4)C3=O)cc2)O1. The number of benzene rings is 4. The van der Waals surface area contributed by atoms with E-state index in [1.165, 1.54) is 5.56 Å². The minimum Gasteiger partial charge on any atom is -0.445 e. The predicted molar refractivity (Wildman–Crippen MR) is 186 cm³/mol. The van der Waals surface area contributed by atoms with Crippen LogP contribution in [0, 0.1) is 0 Å². The summed E-state index contributed by atoms with van der Waals surface area (Å²) in [4.78, 5) is 41.7. The van der Waals surface area contributed by atoms with E-state index in [4.69, 9.17) is 14.2 Å². The number of ether oxygens (including phenoxy) is 3. The van der Waals surface area contributed by atoms with Crippen molar-refractivity contribution in [2.24, 2.45) is 0 Å². The average molecular weight is 678 g/mol. The molecule has 2 heterocycles. The maximum atomic E-state index is 13.1. The Morgan fingerprint density at radius 3 is 2.20 bits per heavy atom. The van der Waals surface area contributed by atoms with Gasteiger partial charge in [0.05, 0.1) is 31.8 Å². The van der Waals surface area contributed by atoms with Gasteiger partial charge in [0.25, 0.3) is 5.91 Å². The highest BCUT2D eigenvalue weighted by atomic mass is 16.7. The number of nitrogens with zero attached hydrogens (tertiary/aromatic N) is 2. The van der Waals surface area contributed by atoms with Crippen LogP contribution in [0.15, 0.2) is 109 Å². The molecule has 0 spiro atoms. The van der Waals surface area contributed by atoms with Crippen LogP contribution in [0.1, 0.15) is 71.6 Å². The lowest BCUT2D eigenvalue weighted by molar-refractivity contribution is -0.253. The number of alkyl carbamates (subject to hydrolysis) is 1. The normalized spacial score (nSPS) is 21.3. The van der Waals surface area contributed by atoms with Crippen LogP contribution in [0.3, 0.4) is 0 Å². The van der Waals surface area contributed by atoms with Gasteiger partial charge in [-0.1, -0.05) is 109 Å². The van der Waals surface area contributed by atoms with Crippen molar-refractivity contribution in [3.63, 3.8) is 0 Å². The standard InChI is InChI=1S/C40H43N3O7/c1-27(31-11-7-4-8-12-31)42(2)24-34-21-36(32-17-15-29(25-44)16-18-32)50-39(49-34)33-19-13-28(14-20-33)23-43-37(45)22-35(38(43)46)41-40(47)48-26-30-9-5-3-6-10-30/h3-20,27,34-36,39,44H,21-26H2,1-2H3,(H,41,47). The summed E-state index contributed by atoms with van der Waals surface area (Å²) >= 11 is 0. The van der Waals surface area contributed by atoms with Crippen LogP contribution in [-0.2, 0) is 43.6 Å². The molecular formula is C40H43N3O7. The Bertz CT molecular complexity index is 1730. The number of nitrogens with one attached hydrogen (secondary N) is 1. The number of likely N-dealkylation sites (tertiary alicyclic amines) is 1. The Morgan fingerprint density at radius 1 is 0.880 bits per heavy atom. The quantitative estimate of drug-likeness (QED) is 0.176. The molecule has 0 saturated carbocycles. The van der Waals surface area contributed by atoms with E-state index in [2.05, 4.69) is 36.3 Å². The zero-order valence-electron chi connectivity index (χ0n) is 28.3. The first kappa shape index (κ1) is 35.0. The molecule has 6 rings (SSSR count). The highest BCUT2D eigenvalue weighted by molar-refractivity contribution is 6.06. The Balaban J connectivity index is 1.10. The smallest absolute Gasteiger partial charge is 0.408 e. The molecule has 2 aliphatic heterocycles. The van der Waals surface area contributed by atoms with Crippen LogP contribution >= 0.6 is 0 Å². The van der Waals surface area contributed by atoms with E-state index in [1.54, 1.807) is 0 Å². The van der Waals surface area contributed by atoms with Crippen LogP contribution in [0.25, 0.3) is 0 Å². The van der Waals surface area contributed by atoms with Gasteiger partial charge in [0.1, 0.15) is 12.6 Å². The van der Waals surface area contributed by atoms with Crippen molar-refractivity contribution in [3.05, 3.63) is 143 Å². The molecule has 4 aromatic rings. The summed E-state index contributed by atoms with van der Waals surface area (Å²) in [5, 5.41) is 12.1. The fourth-order valence-corrected chi connectivity index (χ4v) is 6.33. The van der Waals surface area contributed by atoms with Crippen LogP contribution in [0.5, 0.6) is 0 Å². The van der Waals surface area contributed by atoms with Gasteiger partial charge in [0, 0.05) is 24.6 Å². The molecule has 4 aromatic carbocycles. The number of amides is 3. The van der Waals surface area contributed by atoms with Crippen molar-refractivity contribution in [2.75, 3.05) is 13.6 Å². The minimum absolute atomic E-state index is 0.0260. The topological polar surface area (TPSA) is 118 Å². The molecule has 260 valence electrons. The summed E-state index contributed by atoms with van der Waals surface area (Å²) in [7, 11) is 2.10. The van der Waals surface area contributed by atoms with Gasteiger partial charge in [-0.25, -0.2) is 4.79 Å². The zero-order valence-corrected chi connectivity index (χ0v) is 28.3. The van der Waals surface area contributed by atoms with Gasteiger partial charge in [-0.05, 0) is 41.8 Å². The van der Waals surface area contributed by atoms with Crippen molar-refractivity contribution in [1.29, 1.82) is 0 Å². The van der Waals surface area contributed by atoms with Gasteiger partial charge in [-0.15, -0.1) is 0 Å². The molecule has 2 saturated heterocycles. The van der Waals surface area contributed by atoms with Crippen molar-refractivity contribution < 1.29 is 33.7 Å². The summed E-state index contributed by atoms with van der Waals surface area (Å²) in [6, 6.07) is 34.1. The van der Waals surface area contributed by atoms with Crippen LogP contribution in [0.4, 0.5) is 4.79 Å². The molecule has 0 aliphatic carbocycles. The molecule has 0 radical (unpaired) electrons. The molecule has 2 aliphatic rings. The molecule has 10 nitrogen and oxygen atoms in total. The average Bonchev–Trinajstić information content (AvgIpc) is 3.41. The molecule has 50 heavy (non-hydrogen) atoms. The van der Waals surface area contributed by atoms with Gasteiger partial charge in [-0.3, -0.25) is 19.4 Å². The fraction of sp³-hybridized carbons (Fsp3) is 0.325. The summed E-state index contributed by atoms with van der Waals surface area (Å²) in [6.45, 7) is 2.98. The van der Waals surface area contributed by atoms with E-state index in [9.17, 15) is 19.5 Å². The largest absolute Gasteiger partial charge is 0.445 e. The molecule has 0 bridgehead atoms. The Kier molecular flexibility index (Phi) is 11.3. The Hall–Kier alpha value is -4.87. The second-order valence-electron chi connectivity index (χ2n) is 12.9. The lowest BCUT2D eigenvalue weighted by Crippen LogP contribution is -2.41. The van der Waals surface area contributed by atoms with E-state index in [-0.39, 0.29) is 50.3 Å². The van der Waals surface area contributed by atoms with Crippen LogP contribution < -0.4 is 5.32 Å². The van der Waals surface area contributed by atoms with Crippen molar-refractivity contribution in [2.45, 2.75) is 70.1 Å². The Labute approximate surface area is 292 Å². The minimum atomic E-state index is -0.975. The van der Waals surface area contributed by atoms with Crippen LogP contribution in [-0.4, -0.2) is 58.6 Å². The second-order valence-corrected chi connectivity index (χ2v) is 12.9. The van der Waals surface area contributed by atoms with E-state index in [0.717, 1.165) is 32.7 Å². The van der Waals surface area contributed by atoms with Crippen molar-refractivity contribution in [1.82, 2.24) is 15.1 Å². The Morgan fingerprint density at radius 2 is 1.52 bits per heavy atom. The first-order chi connectivity index (χ1) is 24.3. The lowest BCUT2D eigenvalue weighted by atomic mass is 9.99. The molecular weight excluding hydrogens is 634 g/mol. The summed E-state index contributed by atoms with van der Waals surface area (Å²) in [6.07, 6.45) is -1.21. The van der Waals surface area contributed by atoms with Gasteiger partial charge in [-0.2, -0.15) is 0 Å². The molecule has 2 fully saturated rings. The number of aliphatic hydroxyl groups excluding tert-OH is 1. The molecule has 3 amide bonds. The highest BCUT2D eigenvalue weighted by Crippen LogP contribution is 2.39. The third-order valence-electron chi connectivity index (χ3n) is 9.39. The summed E-state index contributed by atoms with van der Waals surface area (Å²) in [5.41, 5.74) is 5.45. The van der Waals surface area contributed by atoms with Crippen molar-refractivity contribution in [3.8, 4) is 0 Å². The third kappa shape index (κ3) is 8.64. The number of aliphatic hydroxyl groups is 1. The maximum absolute atomic E-state index is 13.1. The molecule has 5 atom stereocenters. The molecule has 0 aromatic heterocycles. The van der Waals surface area contributed by atoms with E-state index >= 15 is 0 Å². The molecule has 5 unspecified atom stereocenters. The third-order valence-corrected chi connectivity index (χ3v) is 9.39. The van der Waals surface area contributed by atoms with Gasteiger partial charge in [0.15, 0.2) is 6.29 Å². The van der Waals surface area contributed by atoms with E-state index in [1.807, 2.05) is 97.1 Å².